The van der Waals surface area contributed by atoms with E-state index in [0.29, 0.717) is 6.61 Å². The van der Waals surface area contributed by atoms with E-state index in [4.69, 9.17) is 4.74 Å². The van der Waals surface area contributed by atoms with Crippen LogP contribution >= 0.6 is 0 Å². The number of piperidine rings is 1. The van der Waals surface area contributed by atoms with Crippen LogP contribution in [0.1, 0.15) is 49.9 Å². The van der Waals surface area contributed by atoms with E-state index >= 15 is 0 Å². The van der Waals surface area contributed by atoms with E-state index in [9.17, 15) is 4.79 Å². The maximum atomic E-state index is 12.5. The molecule has 0 saturated carbocycles. The molecule has 1 unspecified atom stereocenters. The van der Waals surface area contributed by atoms with E-state index in [1.807, 2.05) is 31.2 Å². The van der Waals surface area contributed by atoms with Gasteiger partial charge in [0.15, 0.2) is 5.78 Å². The molecule has 1 aliphatic heterocycles. The van der Waals surface area contributed by atoms with Crippen LogP contribution in [-0.2, 0) is 0 Å². The molecule has 0 spiro atoms. The number of rotatable bonds is 5. The van der Waals surface area contributed by atoms with E-state index in [1.165, 1.54) is 0 Å². The molecular weight excluding hydrogens is 238 g/mol. The molecule has 0 aromatic heterocycles. The summed E-state index contributed by atoms with van der Waals surface area (Å²) in [5.41, 5.74) is 0.366. The molecule has 19 heavy (non-hydrogen) atoms. The van der Waals surface area contributed by atoms with Gasteiger partial charge in [0.2, 0.25) is 0 Å². The Morgan fingerprint density at radius 2 is 2.05 bits per heavy atom. The van der Waals surface area contributed by atoms with Gasteiger partial charge in [-0.25, -0.2) is 0 Å². The molecule has 3 heteroatoms. The highest BCUT2D eigenvalue weighted by atomic mass is 16.5. The van der Waals surface area contributed by atoms with Crippen LogP contribution in [0.25, 0.3) is 0 Å². The molecule has 1 fully saturated rings. The summed E-state index contributed by atoms with van der Waals surface area (Å²) in [5, 5.41) is 3.36. The van der Waals surface area contributed by atoms with Crippen molar-refractivity contribution in [3.63, 3.8) is 0 Å². The number of nitrogens with one attached hydrogen (secondary N) is 1. The second-order valence-electron chi connectivity index (χ2n) is 5.42. The highest BCUT2D eigenvalue weighted by molar-refractivity contribution is 6.03. The highest BCUT2D eigenvalue weighted by Gasteiger charge is 2.34. The first-order valence-corrected chi connectivity index (χ1v) is 7.18. The van der Waals surface area contributed by atoms with Gasteiger partial charge in [-0.3, -0.25) is 4.79 Å². The van der Waals surface area contributed by atoms with Gasteiger partial charge in [0, 0.05) is 5.56 Å². The van der Waals surface area contributed by atoms with E-state index in [2.05, 4.69) is 12.2 Å². The molecule has 1 atom stereocenters. The molecule has 1 aliphatic rings. The van der Waals surface area contributed by atoms with Crippen LogP contribution in [0.2, 0.25) is 0 Å². The average molecular weight is 261 g/mol. The molecule has 104 valence electrons. The molecule has 3 nitrogen and oxygen atoms in total. The number of hydrogen-bond acceptors (Lipinski definition) is 3. The Kier molecular flexibility index (Phi) is 4.59. The summed E-state index contributed by atoms with van der Waals surface area (Å²) in [6, 6.07) is 7.51. The third-order valence-corrected chi connectivity index (χ3v) is 3.71. The molecule has 0 bridgehead atoms. The molecule has 0 aliphatic carbocycles. The van der Waals surface area contributed by atoms with Crippen molar-refractivity contribution in [1.29, 1.82) is 0 Å². The van der Waals surface area contributed by atoms with E-state index in [1.54, 1.807) is 0 Å². The molecule has 1 aromatic carbocycles. The van der Waals surface area contributed by atoms with Crippen LogP contribution < -0.4 is 10.1 Å². The zero-order chi connectivity index (χ0) is 13.7. The summed E-state index contributed by atoms with van der Waals surface area (Å²) < 4.78 is 5.53. The summed E-state index contributed by atoms with van der Waals surface area (Å²) in [4.78, 5) is 12.5. The Labute approximate surface area is 115 Å². The van der Waals surface area contributed by atoms with Crippen molar-refractivity contribution in [3.8, 4) is 5.75 Å². The van der Waals surface area contributed by atoms with Crippen LogP contribution in [0.4, 0.5) is 0 Å². The summed E-state index contributed by atoms with van der Waals surface area (Å²) in [7, 11) is 0. The van der Waals surface area contributed by atoms with E-state index < -0.39 is 5.54 Å². The Balaban J connectivity index is 2.06. The Morgan fingerprint density at radius 1 is 1.32 bits per heavy atom. The summed E-state index contributed by atoms with van der Waals surface area (Å²) in [6.45, 7) is 5.73. The predicted molar refractivity (Wildman–Crippen MR) is 76.8 cm³/mol. The minimum absolute atomic E-state index is 0.189. The summed E-state index contributed by atoms with van der Waals surface area (Å²) in [5.74, 6) is 1.02. The third-order valence-electron chi connectivity index (χ3n) is 3.71. The number of ketones is 1. The molecule has 1 heterocycles. The number of benzene rings is 1. The van der Waals surface area contributed by atoms with Gasteiger partial charge in [0.25, 0.3) is 0 Å². The number of ether oxygens (including phenoxy) is 1. The van der Waals surface area contributed by atoms with Crippen molar-refractivity contribution < 1.29 is 9.53 Å². The second-order valence-corrected chi connectivity index (χ2v) is 5.42. The second kappa shape index (κ2) is 6.20. The highest BCUT2D eigenvalue weighted by Crippen LogP contribution is 2.24. The first-order valence-electron chi connectivity index (χ1n) is 7.18. The van der Waals surface area contributed by atoms with E-state index in [-0.39, 0.29) is 5.78 Å². The standard InChI is InChI=1S/C16H23NO2/c1-3-12-19-14-8-6-13(7-9-14)15(18)16(2)10-4-5-11-17-16/h6-9,17H,3-5,10-12H2,1-2H3. The Morgan fingerprint density at radius 3 is 2.63 bits per heavy atom. The van der Waals surface area contributed by atoms with E-state index in [0.717, 1.165) is 43.5 Å². The fraction of sp³-hybridized carbons (Fsp3) is 0.562. The summed E-state index contributed by atoms with van der Waals surface area (Å²) in [6.07, 6.45) is 4.18. The van der Waals surface area contributed by atoms with Crippen LogP contribution in [0.3, 0.4) is 0 Å². The van der Waals surface area contributed by atoms with Crippen molar-refractivity contribution >= 4 is 5.78 Å². The fourth-order valence-electron chi connectivity index (χ4n) is 2.49. The lowest BCUT2D eigenvalue weighted by Gasteiger charge is -2.33. The van der Waals surface area contributed by atoms with Gasteiger partial charge in [0.1, 0.15) is 5.75 Å². The van der Waals surface area contributed by atoms with Crippen LogP contribution in [0, 0.1) is 0 Å². The van der Waals surface area contributed by atoms with Crippen molar-refractivity contribution in [1.82, 2.24) is 5.32 Å². The van der Waals surface area contributed by atoms with Gasteiger partial charge in [0.05, 0.1) is 12.1 Å². The Hall–Kier alpha value is -1.35. The first kappa shape index (κ1) is 14.1. The SMILES string of the molecule is CCCOc1ccc(C(=O)C2(C)CCCCN2)cc1. The number of hydrogen-bond donors (Lipinski definition) is 1. The van der Waals surface area contributed by atoms with Gasteiger partial charge >= 0.3 is 0 Å². The average Bonchev–Trinajstić information content (AvgIpc) is 2.46. The zero-order valence-corrected chi connectivity index (χ0v) is 11.9. The van der Waals surface area contributed by atoms with Crippen molar-refractivity contribution in [2.75, 3.05) is 13.2 Å². The predicted octanol–water partition coefficient (Wildman–Crippen LogP) is 3.19. The monoisotopic (exact) mass is 261 g/mol. The Bertz CT molecular complexity index is 419. The third kappa shape index (κ3) is 3.35. The summed E-state index contributed by atoms with van der Waals surface area (Å²) >= 11 is 0. The lowest BCUT2D eigenvalue weighted by atomic mass is 9.84. The van der Waals surface area contributed by atoms with Gasteiger partial charge in [-0.05, 0) is 63.4 Å². The number of carbonyl (C=O) groups is 1. The van der Waals surface area contributed by atoms with Crippen molar-refractivity contribution in [2.45, 2.75) is 45.1 Å². The first-order chi connectivity index (χ1) is 9.15. The van der Waals surface area contributed by atoms with Gasteiger partial charge in [-0.1, -0.05) is 6.92 Å². The quantitative estimate of drug-likeness (QED) is 0.827. The topological polar surface area (TPSA) is 38.3 Å². The maximum absolute atomic E-state index is 12.5. The van der Waals surface area contributed by atoms with Crippen LogP contribution in [-0.4, -0.2) is 24.5 Å². The van der Waals surface area contributed by atoms with Crippen molar-refractivity contribution in [2.24, 2.45) is 0 Å². The molecule has 1 aromatic rings. The van der Waals surface area contributed by atoms with Gasteiger partial charge in [-0.2, -0.15) is 0 Å². The molecule has 2 rings (SSSR count). The minimum Gasteiger partial charge on any atom is -0.494 e. The lowest BCUT2D eigenvalue weighted by molar-refractivity contribution is 0.0835. The van der Waals surface area contributed by atoms with Gasteiger partial charge < -0.3 is 10.1 Å². The molecule has 0 amide bonds. The number of carbonyl (C=O) groups excluding carboxylic acids is 1. The molecular formula is C16H23NO2. The smallest absolute Gasteiger partial charge is 0.182 e. The fourth-order valence-corrected chi connectivity index (χ4v) is 2.49. The molecule has 0 radical (unpaired) electrons. The van der Waals surface area contributed by atoms with Crippen LogP contribution in [0.15, 0.2) is 24.3 Å². The van der Waals surface area contributed by atoms with Gasteiger partial charge in [-0.15, -0.1) is 0 Å². The van der Waals surface area contributed by atoms with Crippen molar-refractivity contribution in [3.05, 3.63) is 29.8 Å². The zero-order valence-electron chi connectivity index (χ0n) is 11.9. The molecule has 1 N–H and O–H groups in total. The minimum atomic E-state index is -0.399. The van der Waals surface area contributed by atoms with Crippen LogP contribution in [0.5, 0.6) is 5.75 Å². The maximum Gasteiger partial charge on any atom is 0.182 e. The lowest BCUT2D eigenvalue weighted by Crippen LogP contribution is -2.52. The normalized spacial score (nSPS) is 23.1. The number of Topliss-reactive ketones (excluding diaryl/α,β-unsaturated/α-hetero) is 1. The molecule has 1 saturated heterocycles. The largest absolute Gasteiger partial charge is 0.494 e.